The Morgan fingerprint density at radius 1 is 0.209 bits per heavy atom. The first kappa shape index (κ1) is 43.0. The van der Waals surface area contributed by atoms with Crippen LogP contribution in [-0.2, 0) is 0 Å². The van der Waals surface area contributed by atoms with Gasteiger partial charge in [-0.1, -0.05) is 271 Å². The number of hydrogen-bond acceptors (Lipinski definition) is 0. The van der Waals surface area contributed by atoms with Crippen molar-refractivity contribution >= 4 is 0 Å². The largest absolute Gasteiger partial charge is 0.0654 e. The van der Waals surface area contributed by atoms with Crippen LogP contribution in [0, 0.1) is 5.92 Å². The minimum Gasteiger partial charge on any atom is -0.0654 e. The zero-order valence-corrected chi connectivity index (χ0v) is 31.2. The number of rotatable bonds is 39. The summed E-state index contributed by atoms with van der Waals surface area (Å²) in [6.07, 6.45) is 57.9. The number of unbranched alkanes of at least 4 members (excludes halogenated alkanes) is 37. The summed E-state index contributed by atoms with van der Waals surface area (Å²) in [5, 5.41) is 0. The molecule has 0 aromatic carbocycles. The first-order chi connectivity index (χ1) is 21.3. The van der Waals surface area contributed by atoms with Crippen molar-refractivity contribution in [3.8, 4) is 0 Å². The second kappa shape index (κ2) is 40.0. The minimum absolute atomic E-state index is 0.896. The summed E-state index contributed by atoms with van der Waals surface area (Å²) in [6.45, 7) is 7.01. The maximum atomic E-state index is 2.35. The van der Waals surface area contributed by atoms with Gasteiger partial charge in [0.1, 0.15) is 0 Å². The lowest BCUT2D eigenvalue weighted by Gasteiger charge is -2.05. The first-order valence-corrected chi connectivity index (χ1v) is 21.3. The third-order valence-electron chi connectivity index (χ3n) is 10.1. The van der Waals surface area contributed by atoms with E-state index < -0.39 is 0 Å². The fourth-order valence-electron chi connectivity index (χ4n) is 6.99. The quantitative estimate of drug-likeness (QED) is 0.0612. The van der Waals surface area contributed by atoms with E-state index in [0.717, 1.165) is 5.92 Å². The zero-order chi connectivity index (χ0) is 31.2. The van der Waals surface area contributed by atoms with Gasteiger partial charge in [-0.15, -0.1) is 0 Å². The Morgan fingerprint density at radius 3 is 0.488 bits per heavy atom. The van der Waals surface area contributed by atoms with E-state index in [0.29, 0.717) is 0 Å². The van der Waals surface area contributed by atoms with E-state index >= 15 is 0 Å². The Balaban J connectivity index is 3.03. The smallest absolute Gasteiger partial charge is 0.0471 e. The molecule has 0 aromatic heterocycles. The van der Waals surface area contributed by atoms with Crippen LogP contribution < -0.4 is 0 Å². The Bertz CT molecular complexity index is 451. The summed E-state index contributed by atoms with van der Waals surface area (Å²) in [5.74, 6) is 0.896. The van der Waals surface area contributed by atoms with E-state index in [1.54, 1.807) is 0 Å². The van der Waals surface area contributed by atoms with E-state index in [1.165, 1.54) is 250 Å². The molecular weight excluding hydrogens is 516 g/mol. The molecule has 0 rings (SSSR count). The molecular formula is C43H88. The van der Waals surface area contributed by atoms with Crippen molar-refractivity contribution in [1.29, 1.82) is 0 Å². The highest BCUT2D eigenvalue weighted by molar-refractivity contribution is 4.54. The van der Waals surface area contributed by atoms with Gasteiger partial charge in [0.25, 0.3) is 0 Å². The molecule has 43 heavy (non-hydrogen) atoms. The highest BCUT2D eigenvalue weighted by Crippen LogP contribution is 2.18. The molecule has 0 fully saturated rings. The van der Waals surface area contributed by atoms with Crippen LogP contribution >= 0.6 is 0 Å². The lowest BCUT2D eigenvalue weighted by Crippen LogP contribution is -1.87. The molecule has 0 atom stereocenters. The second-order valence-electron chi connectivity index (χ2n) is 15.3. The predicted molar refractivity (Wildman–Crippen MR) is 201 cm³/mol. The number of hydrogen-bond donors (Lipinski definition) is 0. The summed E-state index contributed by atoms with van der Waals surface area (Å²) in [6, 6.07) is 0. The molecule has 0 saturated carbocycles. The van der Waals surface area contributed by atoms with E-state index in [1.807, 2.05) is 0 Å². The summed E-state index contributed by atoms with van der Waals surface area (Å²) in [5.41, 5.74) is 0. The summed E-state index contributed by atoms with van der Waals surface area (Å²) >= 11 is 0. The molecule has 0 heterocycles. The van der Waals surface area contributed by atoms with Crippen LogP contribution in [-0.4, -0.2) is 0 Å². The average Bonchev–Trinajstić information content (AvgIpc) is 3.00. The molecule has 0 radical (unpaired) electrons. The SMILES string of the molecule is CCCCCCCCCCCCCCCCCCCCCCCCCCCCCCCCCCCCCCCCC(C)C. The maximum absolute atomic E-state index is 2.35. The molecule has 0 N–H and O–H groups in total. The van der Waals surface area contributed by atoms with Crippen LogP contribution in [0.4, 0.5) is 0 Å². The van der Waals surface area contributed by atoms with Crippen molar-refractivity contribution in [3.05, 3.63) is 0 Å². The lowest BCUT2D eigenvalue weighted by molar-refractivity contribution is 0.500. The van der Waals surface area contributed by atoms with Gasteiger partial charge in [0.2, 0.25) is 0 Å². The summed E-state index contributed by atoms with van der Waals surface area (Å²) in [7, 11) is 0. The molecule has 0 aromatic rings. The van der Waals surface area contributed by atoms with Crippen molar-refractivity contribution in [2.45, 2.75) is 271 Å². The molecule has 0 spiro atoms. The molecule has 0 aliphatic heterocycles. The van der Waals surface area contributed by atoms with E-state index in [4.69, 9.17) is 0 Å². The van der Waals surface area contributed by atoms with Crippen molar-refractivity contribution < 1.29 is 0 Å². The maximum Gasteiger partial charge on any atom is -0.0471 e. The topological polar surface area (TPSA) is 0 Å². The van der Waals surface area contributed by atoms with Crippen LogP contribution in [0.15, 0.2) is 0 Å². The molecule has 0 aliphatic rings. The normalized spacial score (nSPS) is 11.7. The van der Waals surface area contributed by atoms with Gasteiger partial charge in [-0.3, -0.25) is 0 Å². The molecule has 260 valence electrons. The van der Waals surface area contributed by atoms with Gasteiger partial charge >= 0.3 is 0 Å². The highest BCUT2D eigenvalue weighted by atomic mass is 14.0. The van der Waals surface area contributed by atoms with Crippen LogP contribution in [0.2, 0.25) is 0 Å². The van der Waals surface area contributed by atoms with Crippen molar-refractivity contribution in [3.63, 3.8) is 0 Å². The summed E-state index contributed by atoms with van der Waals surface area (Å²) in [4.78, 5) is 0. The first-order valence-electron chi connectivity index (χ1n) is 21.3. The van der Waals surface area contributed by atoms with Crippen LogP contribution in [0.25, 0.3) is 0 Å². The fourth-order valence-corrected chi connectivity index (χ4v) is 6.99. The highest BCUT2D eigenvalue weighted by Gasteiger charge is 1.98. The Morgan fingerprint density at radius 2 is 0.349 bits per heavy atom. The average molecular weight is 605 g/mol. The molecule has 0 amide bonds. The molecule has 0 unspecified atom stereocenters. The Hall–Kier alpha value is 0. The summed E-state index contributed by atoms with van der Waals surface area (Å²) < 4.78 is 0. The molecule has 0 bridgehead atoms. The minimum atomic E-state index is 0.896. The van der Waals surface area contributed by atoms with Crippen molar-refractivity contribution in [2.24, 2.45) is 5.92 Å². The third kappa shape index (κ3) is 42.0. The van der Waals surface area contributed by atoms with Gasteiger partial charge in [0.05, 0.1) is 0 Å². The Labute approximate surface area is 276 Å². The zero-order valence-electron chi connectivity index (χ0n) is 31.2. The monoisotopic (exact) mass is 605 g/mol. The van der Waals surface area contributed by atoms with E-state index in [2.05, 4.69) is 20.8 Å². The van der Waals surface area contributed by atoms with Gasteiger partial charge in [-0.25, -0.2) is 0 Å². The van der Waals surface area contributed by atoms with Gasteiger partial charge in [0, 0.05) is 0 Å². The second-order valence-corrected chi connectivity index (χ2v) is 15.3. The fraction of sp³-hybridized carbons (Fsp3) is 1.00. The standard InChI is InChI=1S/C43H88/c1-4-5-6-7-8-9-10-11-12-13-14-15-16-17-18-19-20-21-22-23-24-25-26-27-28-29-30-31-32-33-34-35-36-37-38-39-40-41-42-43(2)3/h43H,4-42H2,1-3H3. The van der Waals surface area contributed by atoms with Crippen molar-refractivity contribution in [1.82, 2.24) is 0 Å². The van der Waals surface area contributed by atoms with Crippen LogP contribution in [0.5, 0.6) is 0 Å². The Kier molecular flexibility index (Phi) is 40.0. The van der Waals surface area contributed by atoms with Gasteiger partial charge in [-0.05, 0) is 5.92 Å². The lowest BCUT2D eigenvalue weighted by atomic mass is 10.0. The predicted octanol–water partition coefficient (Wildman–Crippen LogP) is 16.9. The van der Waals surface area contributed by atoms with Crippen LogP contribution in [0.3, 0.4) is 0 Å². The van der Waals surface area contributed by atoms with E-state index in [-0.39, 0.29) is 0 Å². The van der Waals surface area contributed by atoms with Gasteiger partial charge in [-0.2, -0.15) is 0 Å². The molecule has 0 nitrogen and oxygen atoms in total. The molecule has 0 heteroatoms. The van der Waals surface area contributed by atoms with Gasteiger partial charge < -0.3 is 0 Å². The molecule has 0 aliphatic carbocycles. The van der Waals surface area contributed by atoms with Crippen LogP contribution in [0.1, 0.15) is 271 Å². The van der Waals surface area contributed by atoms with Gasteiger partial charge in [0.15, 0.2) is 0 Å². The van der Waals surface area contributed by atoms with E-state index in [9.17, 15) is 0 Å². The van der Waals surface area contributed by atoms with Crippen molar-refractivity contribution in [2.75, 3.05) is 0 Å². The molecule has 0 saturated heterocycles. The third-order valence-corrected chi connectivity index (χ3v) is 10.1.